The Morgan fingerprint density at radius 3 is 2.07 bits per heavy atom. The Balaban J connectivity index is 0.000000255. The van der Waals surface area contributed by atoms with E-state index in [0.29, 0.717) is 6.54 Å². The Kier molecular flexibility index (Phi) is 5.55. The van der Waals surface area contributed by atoms with E-state index in [-0.39, 0.29) is 0 Å². The Hall–Kier alpha value is -2.02. The number of nitrogens with zero attached hydrogens (tertiary/aromatic N) is 2. The molecule has 7 nitrogen and oxygen atoms in total. The number of hydrogen-bond donors (Lipinski definition) is 3. The van der Waals surface area contributed by atoms with Crippen molar-refractivity contribution in [1.29, 1.82) is 0 Å². The first-order valence-electron chi connectivity index (χ1n) is 3.49. The fourth-order valence-electron chi connectivity index (χ4n) is 0.435. The summed E-state index contributed by atoms with van der Waals surface area (Å²) >= 11 is 0. The third kappa shape index (κ3) is 5.61. The molecule has 1 aromatic rings. The fourth-order valence-corrected chi connectivity index (χ4v) is 0.435. The Bertz CT molecular complexity index is 289. The second-order valence-corrected chi connectivity index (χ2v) is 2.01. The lowest BCUT2D eigenvalue weighted by molar-refractivity contribution is -0.159. The van der Waals surface area contributed by atoms with Gasteiger partial charge in [0.15, 0.2) is 0 Å². The van der Waals surface area contributed by atoms with Gasteiger partial charge in [-0.25, -0.2) is 9.59 Å². The van der Waals surface area contributed by atoms with Crippen LogP contribution in [0.5, 0.6) is 0 Å². The third-order valence-electron chi connectivity index (χ3n) is 1.01. The van der Waals surface area contributed by atoms with Crippen molar-refractivity contribution in [3.63, 3.8) is 0 Å². The summed E-state index contributed by atoms with van der Waals surface area (Å²) in [5.74, 6) is -3.65. The number of hydrogen-bond acceptors (Lipinski definition) is 5. The molecule has 14 heavy (non-hydrogen) atoms. The second kappa shape index (κ2) is 6.49. The van der Waals surface area contributed by atoms with E-state index in [0.717, 1.165) is 5.69 Å². The molecule has 0 radical (unpaired) electrons. The summed E-state index contributed by atoms with van der Waals surface area (Å²) in [5.41, 5.74) is 6.07. The van der Waals surface area contributed by atoms with Crippen molar-refractivity contribution in [2.45, 2.75) is 6.54 Å². The Morgan fingerprint density at radius 1 is 1.29 bits per heavy atom. The predicted molar refractivity (Wildman–Crippen MR) is 45.2 cm³/mol. The molecule has 0 saturated heterocycles. The van der Waals surface area contributed by atoms with Crippen LogP contribution < -0.4 is 5.73 Å². The number of aliphatic carboxylic acids is 2. The largest absolute Gasteiger partial charge is 0.473 e. The zero-order valence-corrected chi connectivity index (χ0v) is 7.12. The summed E-state index contributed by atoms with van der Waals surface area (Å²) < 4.78 is 0. The van der Waals surface area contributed by atoms with Gasteiger partial charge in [0.05, 0.1) is 5.69 Å². The van der Waals surface area contributed by atoms with Crippen molar-refractivity contribution < 1.29 is 19.8 Å². The van der Waals surface area contributed by atoms with E-state index in [1.807, 2.05) is 0 Å². The van der Waals surface area contributed by atoms with Crippen molar-refractivity contribution in [2.24, 2.45) is 5.73 Å². The van der Waals surface area contributed by atoms with Crippen LogP contribution in [0.1, 0.15) is 5.69 Å². The highest BCUT2D eigenvalue weighted by Gasteiger charge is 2.04. The minimum Gasteiger partial charge on any atom is -0.473 e. The average Bonchev–Trinajstić information content (AvgIpc) is 2.20. The van der Waals surface area contributed by atoms with E-state index >= 15 is 0 Å². The summed E-state index contributed by atoms with van der Waals surface area (Å²) in [6.45, 7) is 0.466. The molecule has 0 aliphatic heterocycles. The van der Waals surface area contributed by atoms with E-state index in [9.17, 15) is 0 Å². The fraction of sp³-hybridized carbons (Fsp3) is 0.143. The van der Waals surface area contributed by atoms with Crippen LogP contribution in [0, 0.1) is 0 Å². The quantitative estimate of drug-likeness (QED) is 0.499. The summed E-state index contributed by atoms with van der Waals surface area (Å²) in [5, 5.41) is 14.8. The molecule has 1 aromatic heterocycles. The molecular weight excluding hydrogens is 190 g/mol. The maximum Gasteiger partial charge on any atom is 0.414 e. The summed E-state index contributed by atoms with van der Waals surface area (Å²) in [6, 6.07) is 0. The highest BCUT2D eigenvalue weighted by atomic mass is 16.4. The molecular formula is C7H9N3O4. The van der Waals surface area contributed by atoms with Gasteiger partial charge in [-0.15, -0.1) is 0 Å². The van der Waals surface area contributed by atoms with Crippen LogP contribution in [0.3, 0.4) is 0 Å². The summed E-state index contributed by atoms with van der Waals surface area (Å²) in [7, 11) is 0. The summed E-state index contributed by atoms with van der Waals surface area (Å²) in [4.78, 5) is 25.9. The predicted octanol–water partition coefficient (Wildman–Crippen LogP) is -0.909. The standard InChI is InChI=1S/C5H7N3.C2H2O4/c6-3-5-4-7-1-2-8-5;3-1(4)2(5)6/h1-2,4H,3,6H2;(H,3,4)(H,5,6). The molecule has 4 N–H and O–H groups in total. The Morgan fingerprint density at radius 2 is 1.86 bits per heavy atom. The molecule has 1 heterocycles. The topological polar surface area (TPSA) is 126 Å². The molecule has 76 valence electrons. The SMILES string of the molecule is NCc1cnccn1.O=C(O)C(=O)O. The van der Waals surface area contributed by atoms with Crippen LogP contribution in [0.15, 0.2) is 18.6 Å². The van der Waals surface area contributed by atoms with Gasteiger partial charge in [-0.1, -0.05) is 0 Å². The highest BCUT2D eigenvalue weighted by molar-refractivity contribution is 6.27. The zero-order valence-electron chi connectivity index (χ0n) is 7.12. The van der Waals surface area contributed by atoms with Gasteiger partial charge in [-0.3, -0.25) is 9.97 Å². The van der Waals surface area contributed by atoms with Gasteiger partial charge < -0.3 is 15.9 Å². The van der Waals surface area contributed by atoms with E-state index < -0.39 is 11.9 Å². The van der Waals surface area contributed by atoms with Crippen molar-refractivity contribution in [3.05, 3.63) is 24.3 Å². The molecule has 0 aliphatic carbocycles. The lowest BCUT2D eigenvalue weighted by atomic mass is 10.5. The molecule has 0 fully saturated rings. The number of nitrogens with two attached hydrogens (primary N) is 1. The van der Waals surface area contributed by atoms with Gasteiger partial charge in [0.2, 0.25) is 0 Å². The smallest absolute Gasteiger partial charge is 0.414 e. The number of carbonyl (C=O) groups is 2. The first kappa shape index (κ1) is 12.0. The lowest BCUT2D eigenvalue weighted by Crippen LogP contribution is -2.09. The first-order valence-corrected chi connectivity index (χ1v) is 3.49. The van der Waals surface area contributed by atoms with Gasteiger partial charge in [0.1, 0.15) is 0 Å². The molecule has 7 heteroatoms. The van der Waals surface area contributed by atoms with Gasteiger partial charge in [0.25, 0.3) is 0 Å². The van der Waals surface area contributed by atoms with Crippen LogP contribution in [-0.2, 0) is 16.1 Å². The van der Waals surface area contributed by atoms with E-state index in [1.165, 1.54) is 0 Å². The van der Waals surface area contributed by atoms with Gasteiger partial charge in [-0.2, -0.15) is 0 Å². The van der Waals surface area contributed by atoms with Crippen LogP contribution in [0.25, 0.3) is 0 Å². The third-order valence-corrected chi connectivity index (χ3v) is 1.01. The molecule has 0 aliphatic rings. The highest BCUT2D eigenvalue weighted by Crippen LogP contribution is 1.83. The molecule has 1 rings (SSSR count). The molecule has 0 amide bonds. The van der Waals surface area contributed by atoms with Gasteiger partial charge in [0, 0.05) is 25.1 Å². The normalized spacial score (nSPS) is 8.36. The maximum absolute atomic E-state index is 9.10. The molecule has 0 spiro atoms. The molecule has 0 bridgehead atoms. The first-order chi connectivity index (χ1) is 6.57. The molecule has 0 atom stereocenters. The zero-order chi connectivity index (χ0) is 11.0. The Labute approximate surface area is 79.2 Å². The minimum absolute atomic E-state index is 0.466. The van der Waals surface area contributed by atoms with E-state index in [2.05, 4.69) is 9.97 Å². The number of rotatable bonds is 1. The molecule has 0 aromatic carbocycles. The molecule has 0 saturated carbocycles. The maximum atomic E-state index is 9.10. The monoisotopic (exact) mass is 199 g/mol. The van der Waals surface area contributed by atoms with E-state index in [1.54, 1.807) is 18.6 Å². The van der Waals surface area contributed by atoms with Crippen LogP contribution in [0.4, 0.5) is 0 Å². The van der Waals surface area contributed by atoms with Crippen molar-refractivity contribution in [3.8, 4) is 0 Å². The number of carboxylic acid groups (broad SMARTS) is 2. The van der Waals surface area contributed by atoms with Crippen LogP contribution in [-0.4, -0.2) is 32.1 Å². The van der Waals surface area contributed by atoms with Crippen LogP contribution in [0.2, 0.25) is 0 Å². The average molecular weight is 199 g/mol. The second-order valence-electron chi connectivity index (χ2n) is 2.01. The van der Waals surface area contributed by atoms with Crippen molar-refractivity contribution >= 4 is 11.9 Å². The molecule has 0 unspecified atom stereocenters. The van der Waals surface area contributed by atoms with Gasteiger partial charge in [-0.05, 0) is 0 Å². The lowest BCUT2D eigenvalue weighted by Gasteiger charge is -1.88. The van der Waals surface area contributed by atoms with E-state index in [4.69, 9.17) is 25.5 Å². The number of aromatic nitrogens is 2. The van der Waals surface area contributed by atoms with Crippen molar-refractivity contribution in [1.82, 2.24) is 9.97 Å². The van der Waals surface area contributed by atoms with Gasteiger partial charge >= 0.3 is 11.9 Å². The number of carboxylic acids is 2. The summed E-state index contributed by atoms with van der Waals surface area (Å²) in [6.07, 6.45) is 4.90. The van der Waals surface area contributed by atoms with Crippen molar-refractivity contribution in [2.75, 3.05) is 0 Å². The van der Waals surface area contributed by atoms with Crippen LogP contribution >= 0.6 is 0 Å². The minimum atomic E-state index is -1.82.